The third-order valence-corrected chi connectivity index (χ3v) is 7.26. The van der Waals surface area contributed by atoms with Gasteiger partial charge < -0.3 is 21.3 Å². The third-order valence-electron chi connectivity index (χ3n) is 6.36. The molecule has 1 aromatic heterocycles. The van der Waals surface area contributed by atoms with Crippen LogP contribution in [0.2, 0.25) is 0 Å². The Morgan fingerprint density at radius 2 is 1.82 bits per heavy atom. The van der Waals surface area contributed by atoms with Crippen LogP contribution in [0.3, 0.4) is 0 Å². The van der Waals surface area contributed by atoms with Gasteiger partial charge in [0.1, 0.15) is 5.84 Å². The van der Waals surface area contributed by atoms with E-state index in [0.29, 0.717) is 25.3 Å². The monoisotopic (exact) mass is 545 g/mol. The molecule has 4 aromatic rings. The number of benzene rings is 3. The van der Waals surface area contributed by atoms with E-state index in [-0.39, 0.29) is 18.3 Å². The Balaban J connectivity index is 0.00000336. The lowest BCUT2D eigenvalue weighted by Gasteiger charge is -2.19. The van der Waals surface area contributed by atoms with Crippen molar-refractivity contribution in [2.24, 2.45) is 10.7 Å². The van der Waals surface area contributed by atoms with E-state index in [1.165, 1.54) is 16.8 Å². The fourth-order valence-electron chi connectivity index (χ4n) is 4.53. The number of rotatable bonds is 10. The molecular formula is C30H32ClN5OS. The first-order valence-corrected chi connectivity index (χ1v) is 13.4. The highest BCUT2D eigenvalue weighted by Gasteiger charge is 2.19. The van der Waals surface area contributed by atoms with Crippen molar-refractivity contribution in [1.29, 1.82) is 0 Å². The standard InChI is InChI=1S/C30H31N5OS.ClH/c31-30(28-10-5-17-37-28)34-25-9-4-8-23(18-25)20-32-15-13-29(36)33-26-11-12-27-24(19-26)14-16-35(27)21-22-6-2-1-3-7-22;/h1-12,17-19,32H,13-16,20-21H2,(H2,31,34)(H,33,36);1H. The Bertz CT molecular complexity index is 1370. The first kappa shape index (κ1) is 27.4. The van der Waals surface area contributed by atoms with E-state index >= 15 is 0 Å². The lowest BCUT2D eigenvalue weighted by atomic mass is 10.1. The van der Waals surface area contributed by atoms with Crippen LogP contribution in [0.4, 0.5) is 17.1 Å². The summed E-state index contributed by atoms with van der Waals surface area (Å²) in [6.45, 7) is 3.15. The van der Waals surface area contributed by atoms with Crippen LogP contribution in [0.15, 0.2) is 95.3 Å². The highest BCUT2D eigenvalue weighted by molar-refractivity contribution is 7.12. The molecule has 196 valence electrons. The Morgan fingerprint density at radius 1 is 0.974 bits per heavy atom. The number of anilines is 2. The van der Waals surface area contributed by atoms with Gasteiger partial charge in [0.05, 0.1) is 10.6 Å². The number of carbonyl (C=O) groups excluding carboxylic acids is 1. The zero-order valence-corrected chi connectivity index (χ0v) is 22.7. The van der Waals surface area contributed by atoms with Gasteiger partial charge in [-0.3, -0.25) is 4.79 Å². The SMILES string of the molecule is Cl.NC(=Nc1cccc(CNCCC(=O)Nc2ccc3c(c2)CCN3Cc2ccccc2)c1)c1cccs1. The summed E-state index contributed by atoms with van der Waals surface area (Å²) in [7, 11) is 0. The molecule has 2 heterocycles. The zero-order chi connectivity index (χ0) is 25.5. The van der Waals surface area contributed by atoms with Crippen molar-refractivity contribution < 1.29 is 4.79 Å². The highest BCUT2D eigenvalue weighted by Crippen LogP contribution is 2.31. The Morgan fingerprint density at radius 3 is 2.63 bits per heavy atom. The molecular weight excluding hydrogens is 514 g/mol. The van der Waals surface area contributed by atoms with Crippen molar-refractivity contribution in [1.82, 2.24) is 5.32 Å². The molecule has 0 atom stereocenters. The van der Waals surface area contributed by atoms with E-state index in [1.54, 1.807) is 11.3 Å². The second-order valence-corrected chi connectivity index (χ2v) is 10.1. The van der Waals surface area contributed by atoms with Gasteiger partial charge >= 0.3 is 0 Å². The van der Waals surface area contributed by atoms with Crippen LogP contribution < -0.4 is 21.3 Å². The van der Waals surface area contributed by atoms with Gasteiger partial charge in [0.2, 0.25) is 5.91 Å². The summed E-state index contributed by atoms with van der Waals surface area (Å²) in [6, 6.07) is 28.6. The van der Waals surface area contributed by atoms with Gasteiger partial charge in [-0.1, -0.05) is 48.5 Å². The number of nitrogens with two attached hydrogens (primary N) is 1. The first-order chi connectivity index (χ1) is 18.1. The first-order valence-electron chi connectivity index (χ1n) is 12.5. The number of hydrogen-bond donors (Lipinski definition) is 3. The van der Waals surface area contributed by atoms with Crippen molar-refractivity contribution in [2.45, 2.75) is 25.9 Å². The number of amidine groups is 1. The van der Waals surface area contributed by atoms with E-state index in [4.69, 9.17) is 5.73 Å². The molecule has 0 bridgehead atoms. The summed E-state index contributed by atoms with van der Waals surface area (Å²) in [4.78, 5) is 20.4. The summed E-state index contributed by atoms with van der Waals surface area (Å²) in [5, 5.41) is 8.39. The summed E-state index contributed by atoms with van der Waals surface area (Å²) in [5.74, 6) is 0.529. The molecule has 8 heteroatoms. The van der Waals surface area contributed by atoms with Crippen LogP contribution in [0, 0.1) is 0 Å². The van der Waals surface area contributed by atoms with Crippen molar-refractivity contribution in [2.75, 3.05) is 23.3 Å². The van der Waals surface area contributed by atoms with Gasteiger partial charge in [-0.25, -0.2) is 4.99 Å². The van der Waals surface area contributed by atoms with Crippen LogP contribution >= 0.6 is 23.7 Å². The van der Waals surface area contributed by atoms with E-state index in [2.05, 4.69) is 56.9 Å². The van der Waals surface area contributed by atoms with Crippen molar-refractivity contribution in [3.8, 4) is 0 Å². The largest absolute Gasteiger partial charge is 0.383 e. The average molecular weight is 546 g/mol. The molecule has 1 aliphatic rings. The number of amides is 1. The number of nitrogens with one attached hydrogen (secondary N) is 2. The summed E-state index contributed by atoms with van der Waals surface area (Å²) >= 11 is 1.57. The average Bonchev–Trinajstić information content (AvgIpc) is 3.58. The van der Waals surface area contributed by atoms with Gasteiger partial charge in [0.25, 0.3) is 0 Å². The van der Waals surface area contributed by atoms with E-state index < -0.39 is 0 Å². The molecule has 6 nitrogen and oxygen atoms in total. The van der Waals surface area contributed by atoms with Gasteiger partial charge in [-0.15, -0.1) is 23.7 Å². The molecule has 38 heavy (non-hydrogen) atoms. The van der Waals surface area contributed by atoms with E-state index in [1.807, 2.05) is 53.9 Å². The lowest BCUT2D eigenvalue weighted by Crippen LogP contribution is -2.21. The quantitative estimate of drug-likeness (QED) is 0.132. The maximum absolute atomic E-state index is 12.5. The minimum absolute atomic E-state index is 0. The zero-order valence-electron chi connectivity index (χ0n) is 21.1. The number of hydrogen-bond acceptors (Lipinski definition) is 5. The summed E-state index contributed by atoms with van der Waals surface area (Å²) in [6.07, 6.45) is 1.40. The highest BCUT2D eigenvalue weighted by atomic mass is 35.5. The predicted octanol–water partition coefficient (Wildman–Crippen LogP) is 5.89. The molecule has 0 aliphatic carbocycles. The molecule has 0 fully saturated rings. The van der Waals surface area contributed by atoms with Crippen LogP contribution in [-0.4, -0.2) is 24.8 Å². The minimum Gasteiger partial charge on any atom is -0.383 e. The normalized spacial score (nSPS) is 12.6. The molecule has 5 rings (SSSR count). The smallest absolute Gasteiger partial charge is 0.225 e. The van der Waals surface area contributed by atoms with Gasteiger partial charge in [-0.2, -0.15) is 0 Å². The molecule has 0 saturated carbocycles. The van der Waals surface area contributed by atoms with Crippen LogP contribution in [-0.2, 0) is 24.3 Å². The third kappa shape index (κ3) is 7.22. The number of thiophene rings is 1. The Labute approximate surface area is 234 Å². The van der Waals surface area contributed by atoms with E-state index in [9.17, 15) is 4.79 Å². The molecule has 1 amide bonds. The van der Waals surface area contributed by atoms with Crippen LogP contribution in [0.1, 0.15) is 28.0 Å². The molecule has 0 saturated heterocycles. The van der Waals surface area contributed by atoms with Crippen LogP contribution in [0.25, 0.3) is 0 Å². The Hall–Kier alpha value is -3.65. The number of fused-ring (bicyclic) bond motifs is 1. The minimum atomic E-state index is 0. The topological polar surface area (TPSA) is 82.7 Å². The molecule has 0 spiro atoms. The Kier molecular flexibility index (Phi) is 9.54. The van der Waals surface area contributed by atoms with Crippen molar-refractivity contribution >= 4 is 52.5 Å². The van der Waals surface area contributed by atoms with Gasteiger partial charge in [0, 0.05) is 44.0 Å². The van der Waals surface area contributed by atoms with Crippen molar-refractivity contribution in [3.63, 3.8) is 0 Å². The number of nitrogens with zero attached hydrogens (tertiary/aromatic N) is 2. The fraction of sp³-hybridized carbons (Fsp3) is 0.200. The lowest BCUT2D eigenvalue weighted by molar-refractivity contribution is -0.116. The molecule has 0 unspecified atom stereocenters. The molecule has 1 aliphatic heterocycles. The van der Waals surface area contributed by atoms with E-state index in [0.717, 1.165) is 41.3 Å². The van der Waals surface area contributed by atoms with Gasteiger partial charge in [0.15, 0.2) is 0 Å². The fourth-order valence-corrected chi connectivity index (χ4v) is 5.16. The molecule has 4 N–H and O–H groups in total. The number of aliphatic imine (C=N–C) groups is 1. The summed E-state index contributed by atoms with van der Waals surface area (Å²) < 4.78 is 0. The number of halogens is 1. The molecule has 0 radical (unpaired) electrons. The van der Waals surface area contributed by atoms with Crippen molar-refractivity contribution in [3.05, 3.63) is 112 Å². The maximum atomic E-state index is 12.5. The maximum Gasteiger partial charge on any atom is 0.225 e. The summed E-state index contributed by atoms with van der Waals surface area (Å²) in [5.41, 5.74) is 12.7. The molecule has 3 aromatic carbocycles. The predicted molar refractivity (Wildman–Crippen MR) is 161 cm³/mol. The second-order valence-electron chi connectivity index (χ2n) is 9.12. The van der Waals surface area contributed by atoms with Gasteiger partial charge in [-0.05, 0) is 64.9 Å². The second kappa shape index (κ2) is 13.2. The number of carbonyl (C=O) groups is 1. The van der Waals surface area contributed by atoms with Crippen LogP contribution in [0.5, 0.6) is 0 Å².